The maximum Gasteiger partial charge on any atom is 0.270 e. The second-order valence-electron chi connectivity index (χ2n) is 5.32. The number of hydrogen-bond donors (Lipinski definition) is 0. The van der Waals surface area contributed by atoms with Gasteiger partial charge in [0.05, 0.1) is 4.92 Å². The molecule has 4 nitrogen and oxygen atoms in total. The van der Waals surface area contributed by atoms with E-state index in [1.54, 1.807) is 18.2 Å². The van der Waals surface area contributed by atoms with Gasteiger partial charge in [0.15, 0.2) is 5.78 Å². The average molecular weight is 295 g/mol. The van der Waals surface area contributed by atoms with Crippen molar-refractivity contribution >= 4 is 17.5 Å². The molecule has 0 spiro atoms. The Morgan fingerprint density at radius 1 is 1.09 bits per heavy atom. The first kappa shape index (κ1) is 15.6. The number of nitro benzene ring substituents is 1. The van der Waals surface area contributed by atoms with E-state index >= 15 is 0 Å². The van der Waals surface area contributed by atoms with Crippen LogP contribution in [0.15, 0.2) is 42.5 Å². The van der Waals surface area contributed by atoms with E-state index in [1.165, 1.54) is 18.2 Å². The predicted molar refractivity (Wildman–Crippen MR) is 87.1 cm³/mol. The summed E-state index contributed by atoms with van der Waals surface area (Å²) in [6.07, 6.45) is 3.07. The highest BCUT2D eigenvalue weighted by Gasteiger charge is 2.10. The van der Waals surface area contributed by atoms with E-state index in [0.717, 1.165) is 16.7 Å². The first-order valence-electron chi connectivity index (χ1n) is 6.93. The molecule has 0 aliphatic carbocycles. The molecule has 0 heterocycles. The van der Waals surface area contributed by atoms with Gasteiger partial charge in [0.2, 0.25) is 0 Å². The zero-order valence-corrected chi connectivity index (χ0v) is 12.8. The van der Waals surface area contributed by atoms with E-state index in [0.29, 0.717) is 11.1 Å². The lowest BCUT2D eigenvalue weighted by Gasteiger charge is -2.08. The number of carbonyl (C=O) groups is 1. The number of ketones is 1. The highest BCUT2D eigenvalue weighted by atomic mass is 16.6. The van der Waals surface area contributed by atoms with Crippen molar-refractivity contribution in [2.24, 2.45) is 0 Å². The average Bonchev–Trinajstić information content (AvgIpc) is 2.44. The van der Waals surface area contributed by atoms with Gasteiger partial charge in [0.1, 0.15) is 0 Å². The first-order chi connectivity index (χ1) is 10.4. The van der Waals surface area contributed by atoms with Gasteiger partial charge in [-0.3, -0.25) is 14.9 Å². The van der Waals surface area contributed by atoms with Crippen molar-refractivity contribution in [3.8, 4) is 0 Å². The fourth-order valence-corrected chi connectivity index (χ4v) is 2.57. The summed E-state index contributed by atoms with van der Waals surface area (Å²) in [5.74, 6) is -0.0958. The topological polar surface area (TPSA) is 60.2 Å². The Labute approximate surface area is 129 Å². The number of rotatable bonds is 4. The Kier molecular flexibility index (Phi) is 4.51. The molecule has 4 heteroatoms. The van der Waals surface area contributed by atoms with Gasteiger partial charge in [-0.1, -0.05) is 35.9 Å². The summed E-state index contributed by atoms with van der Waals surface area (Å²) in [7, 11) is 0. The minimum atomic E-state index is -0.451. The Balaban J connectivity index is 2.29. The molecule has 0 fully saturated rings. The predicted octanol–water partition coefficient (Wildman–Crippen LogP) is 4.42. The van der Waals surface area contributed by atoms with Crippen LogP contribution >= 0.6 is 0 Å². The SMILES string of the molecule is Cc1cc(C)c(C(=O)/C=C\c2cccc([N+](=O)[O-])c2)c(C)c1. The van der Waals surface area contributed by atoms with Crippen LogP contribution in [0.3, 0.4) is 0 Å². The Hall–Kier alpha value is -2.75. The molecule has 0 aliphatic rings. The van der Waals surface area contributed by atoms with E-state index in [9.17, 15) is 14.9 Å². The van der Waals surface area contributed by atoms with Crippen LogP contribution in [0.4, 0.5) is 5.69 Å². The zero-order valence-electron chi connectivity index (χ0n) is 12.8. The maximum atomic E-state index is 12.4. The van der Waals surface area contributed by atoms with Gasteiger partial charge in [0.25, 0.3) is 5.69 Å². The van der Waals surface area contributed by atoms with Crippen molar-refractivity contribution in [2.75, 3.05) is 0 Å². The molecular weight excluding hydrogens is 278 g/mol. The minimum absolute atomic E-state index is 0.0114. The van der Waals surface area contributed by atoms with Gasteiger partial charge in [-0.25, -0.2) is 0 Å². The van der Waals surface area contributed by atoms with Crippen LogP contribution in [-0.4, -0.2) is 10.7 Å². The second kappa shape index (κ2) is 6.35. The molecular formula is C18H17NO3. The molecule has 0 saturated carbocycles. The van der Waals surface area contributed by atoms with Gasteiger partial charge >= 0.3 is 0 Å². The van der Waals surface area contributed by atoms with Crippen LogP contribution in [0, 0.1) is 30.9 Å². The number of hydrogen-bond acceptors (Lipinski definition) is 3. The fraction of sp³-hybridized carbons (Fsp3) is 0.167. The summed E-state index contributed by atoms with van der Waals surface area (Å²) in [5, 5.41) is 10.7. The third kappa shape index (κ3) is 3.47. The summed E-state index contributed by atoms with van der Waals surface area (Å²) >= 11 is 0. The largest absolute Gasteiger partial charge is 0.289 e. The summed E-state index contributed by atoms with van der Waals surface area (Å²) in [5.41, 5.74) is 4.32. The maximum absolute atomic E-state index is 12.4. The van der Waals surface area contributed by atoms with Crippen molar-refractivity contribution in [3.63, 3.8) is 0 Å². The molecule has 0 saturated heterocycles. The lowest BCUT2D eigenvalue weighted by molar-refractivity contribution is -0.384. The van der Waals surface area contributed by atoms with Crippen LogP contribution < -0.4 is 0 Å². The molecule has 22 heavy (non-hydrogen) atoms. The van der Waals surface area contributed by atoms with E-state index in [2.05, 4.69) is 0 Å². The van der Waals surface area contributed by atoms with E-state index in [1.807, 2.05) is 32.9 Å². The second-order valence-corrected chi connectivity index (χ2v) is 5.32. The number of nitrogens with zero attached hydrogens (tertiary/aromatic N) is 1. The van der Waals surface area contributed by atoms with E-state index < -0.39 is 4.92 Å². The summed E-state index contributed by atoms with van der Waals surface area (Å²) in [6.45, 7) is 5.82. The van der Waals surface area contributed by atoms with Gasteiger partial charge in [-0.15, -0.1) is 0 Å². The van der Waals surface area contributed by atoms with Gasteiger partial charge in [-0.2, -0.15) is 0 Å². The summed E-state index contributed by atoms with van der Waals surface area (Å²) in [4.78, 5) is 22.7. The van der Waals surface area contributed by atoms with E-state index in [4.69, 9.17) is 0 Å². The molecule has 0 atom stereocenters. The number of carbonyl (C=O) groups excluding carboxylic acids is 1. The van der Waals surface area contributed by atoms with Crippen LogP contribution in [0.5, 0.6) is 0 Å². The normalized spacial score (nSPS) is 10.9. The Morgan fingerprint density at radius 2 is 1.73 bits per heavy atom. The van der Waals surface area contributed by atoms with E-state index in [-0.39, 0.29) is 11.5 Å². The monoisotopic (exact) mass is 295 g/mol. The van der Waals surface area contributed by atoms with Crippen LogP contribution in [0.25, 0.3) is 6.08 Å². The smallest absolute Gasteiger partial charge is 0.270 e. The zero-order chi connectivity index (χ0) is 16.3. The Morgan fingerprint density at radius 3 is 2.32 bits per heavy atom. The van der Waals surface area contributed by atoms with Crippen LogP contribution in [0.1, 0.15) is 32.6 Å². The third-order valence-electron chi connectivity index (χ3n) is 3.43. The highest BCUT2D eigenvalue weighted by molar-refractivity contribution is 6.08. The van der Waals surface area contributed by atoms with Crippen LogP contribution in [-0.2, 0) is 0 Å². The molecule has 2 aromatic carbocycles. The van der Waals surface area contributed by atoms with Crippen molar-refractivity contribution in [1.82, 2.24) is 0 Å². The molecule has 0 aliphatic heterocycles. The first-order valence-corrected chi connectivity index (χ1v) is 6.93. The molecule has 2 aromatic rings. The van der Waals surface area contributed by atoms with Crippen LogP contribution in [0.2, 0.25) is 0 Å². The third-order valence-corrected chi connectivity index (χ3v) is 3.43. The standard InChI is InChI=1S/C18H17NO3/c1-12-9-13(2)18(14(3)10-12)17(20)8-7-15-5-4-6-16(11-15)19(21)22/h4-11H,1-3H3/b8-7-. The molecule has 0 aromatic heterocycles. The number of aryl methyl sites for hydroxylation is 3. The molecule has 112 valence electrons. The lowest BCUT2D eigenvalue weighted by Crippen LogP contribution is -2.02. The highest BCUT2D eigenvalue weighted by Crippen LogP contribution is 2.19. The Bertz CT molecular complexity index is 753. The lowest BCUT2D eigenvalue weighted by atomic mass is 9.96. The number of non-ortho nitro benzene ring substituents is 1. The summed E-state index contributed by atoms with van der Waals surface area (Å²) < 4.78 is 0. The number of benzene rings is 2. The number of nitro groups is 1. The van der Waals surface area contributed by atoms with Crippen molar-refractivity contribution < 1.29 is 9.72 Å². The van der Waals surface area contributed by atoms with Gasteiger partial charge < -0.3 is 0 Å². The molecule has 0 bridgehead atoms. The molecule has 2 rings (SSSR count). The van der Waals surface area contributed by atoms with Gasteiger partial charge in [0, 0.05) is 17.7 Å². The minimum Gasteiger partial charge on any atom is -0.289 e. The molecule has 0 N–H and O–H groups in total. The summed E-state index contributed by atoms with van der Waals surface area (Å²) in [6, 6.07) is 10.1. The quantitative estimate of drug-likeness (QED) is 0.363. The number of allylic oxidation sites excluding steroid dienone is 1. The van der Waals surface area contributed by atoms with Crippen molar-refractivity contribution in [1.29, 1.82) is 0 Å². The van der Waals surface area contributed by atoms with Gasteiger partial charge in [-0.05, 0) is 43.5 Å². The fourth-order valence-electron chi connectivity index (χ4n) is 2.57. The van der Waals surface area contributed by atoms with Crippen molar-refractivity contribution in [2.45, 2.75) is 20.8 Å². The molecule has 0 radical (unpaired) electrons. The molecule has 0 unspecified atom stereocenters. The molecule has 0 amide bonds. The van der Waals surface area contributed by atoms with Crippen molar-refractivity contribution in [3.05, 3.63) is 80.4 Å².